The van der Waals surface area contributed by atoms with Gasteiger partial charge in [-0.05, 0) is 25.1 Å². The van der Waals surface area contributed by atoms with Crippen molar-refractivity contribution in [1.29, 1.82) is 0 Å². The first kappa shape index (κ1) is 16.9. The van der Waals surface area contributed by atoms with Gasteiger partial charge in [0.25, 0.3) is 5.91 Å². The molecule has 0 spiro atoms. The Morgan fingerprint density at radius 3 is 2.70 bits per heavy atom. The normalized spacial score (nSPS) is 19.3. The van der Waals surface area contributed by atoms with Crippen molar-refractivity contribution >= 4 is 28.2 Å². The lowest BCUT2D eigenvalue weighted by atomic mass is 10.1. The van der Waals surface area contributed by atoms with Crippen LogP contribution in [0, 0.1) is 0 Å². The molecule has 1 saturated heterocycles. The molecule has 2 rings (SSSR count). The van der Waals surface area contributed by atoms with Gasteiger partial charge in [0.15, 0.2) is 9.84 Å². The lowest BCUT2D eigenvalue weighted by Gasteiger charge is -2.32. The van der Waals surface area contributed by atoms with Gasteiger partial charge in [-0.15, -0.1) is 12.4 Å². The summed E-state index contributed by atoms with van der Waals surface area (Å²) in [5, 5.41) is 3.26. The molecule has 1 aliphatic heterocycles. The zero-order chi connectivity index (χ0) is 14.0. The fourth-order valence-electron chi connectivity index (χ4n) is 2.16. The van der Waals surface area contributed by atoms with E-state index in [-0.39, 0.29) is 29.3 Å². The molecule has 7 heteroatoms. The molecule has 0 aromatic heterocycles. The number of sulfone groups is 1. The van der Waals surface area contributed by atoms with Crippen LogP contribution in [0.25, 0.3) is 0 Å². The maximum absolute atomic E-state index is 12.3. The molecule has 20 heavy (non-hydrogen) atoms. The van der Waals surface area contributed by atoms with Crippen molar-refractivity contribution in [2.45, 2.75) is 17.9 Å². The first-order chi connectivity index (χ1) is 8.88. The number of rotatable bonds is 2. The SMILES string of the molecule is C[C@H]1CN(C(=O)c2cccc(S(C)(=O)=O)c2)CCN1.Cl. The standard InChI is InChI=1S/C13H18N2O3S.ClH/c1-10-9-15(7-6-14-10)13(16)11-4-3-5-12(8-11)19(2,17)18;/h3-5,8,10,14H,6-7,9H2,1-2H3;1H/t10-;/m0./s1. The summed E-state index contributed by atoms with van der Waals surface area (Å²) in [6, 6.07) is 6.48. The second-order valence-electron chi connectivity index (χ2n) is 4.91. The van der Waals surface area contributed by atoms with E-state index in [2.05, 4.69) is 5.32 Å². The quantitative estimate of drug-likeness (QED) is 0.881. The monoisotopic (exact) mass is 318 g/mol. The third-order valence-electron chi connectivity index (χ3n) is 3.17. The number of nitrogens with zero attached hydrogens (tertiary/aromatic N) is 1. The molecule has 1 fully saturated rings. The van der Waals surface area contributed by atoms with Gasteiger partial charge >= 0.3 is 0 Å². The van der Waals surface area contributed by atoms with Crippen LogP contribution in [0.4, 0.5) is 0 Å². The highest BCUT2D eigenvalue weighted by atomic mass is 35.5. The van der Waals surface area contributed by atoms with Crippen molar-refractivity contribution < 1.29 is 13.2 Å². The second kappa shape index (κ2) is 6.56. The predicted molar refractivity (Wildman–Crippen MR) is 80.2 cm³/mol. The average molecular weight is 319 g/mol. The van der Waals surface area contributed by atoms with E-state index in [4.69, 9.17) is 0 Å². The predicted octanol–water partition coefficient (Wildman–Crippen LogP) is 0.946. The summed E-state index contributed by atoms with van der Waals surface area (Å²) in [7, 11) is -3.28. The molecule has 112 valence electrons. The van der Waals surface area contributed by atoms with Crippen LogP contribution in [0.5, 0.6) is 0 Å². The van der Waals surface area contributed by atoms with Crippen LogP contribution < -0.4 is 5.32 Å². The maximum Gasteiger partial charge on any atom is 0.253 e. The van der Waals surface area contributed by atoms with E-state index < -0.39 is 9.84 Å². The lowest BCUT2D eigenvalue weighted by molar-refractivity contribution is 0.0709. The summed E-state index contributed by atoms with van der Waals surface area (Å²) in [4.78, 5) is 14.3. The number of nitrogens with one attached hydrogen (secondary N) is 1. The smallest absolute Gasteiger partial charge is 0.253 e. The first-order valence-corrected chi connectivity index (χ1v) is 8.10. The Balaban J connectivity index is 0.00000200. The summed E-state index contributed by atoms with van der Waals surface area (Å²) in [6.45, 7) is 4.07. The van der Waals surface area contributed by atoms with E-state index in [9.17, 15) is 13.2 Å². The molecule has 1 aromatic rings. The Morgan fingerprint density at radius 1 is 1.40 bits per heavy atom. The van der Waals surface area contributed by atoms with Crippen LogP contribution in [0.15, 0.2) is 29.2 Å². The lowest BCUT2D eigenvalue weighted by Crippen LogP contribution is -2.51. The van der Waals surface area contributed by atoms with E-state index in [1.54, 1.807) is 17.0 Å². The molecule has 1 amide bonds. The fourth-order valence-corrected chi connectivity index (χ4v) is 2.83. The summed E-state index contributed by atoms with van der Waals surface area (Å²) in [5.74, 6) is -0.112. The second-order valence-corrected chi connectivity index (χ2v) is 6.92. The average Bonchev–Trinajstić information content (AvgIpc) is 2.37. The molecular weight excluding hydrogens is 300 g/mol. The highest BCUT2D eigenvalue weighted by Crippen LogP contribution is 2.14. The van der Waals surface area contributed by atoms with E-state index in [0.717, 1.165) is 12.8 Å². The molecule has 1 aliphatic rings. The molecule has 5 nitrogen and oxygen atoms in total. The van der Waals surface area contributed by atoms with Crippen LogP contribution in [0.1, 0.15) is 17.3 Å². The Hall–Kier alpha value is -1.11. The molecule has 0 saturated carbocycles. The number of halogens is 1. The van der Waals surface area contributed by atoms with Gasteiger partial charge in [0.2, 0.25) is 0 Å². The number of benzene rings is 1. The molecule has 1 N–H and O–H groups in total. The van der Waals surface area contributed by atoms with Crippen LogP contribution in [0.3, 0.4) is 0 Å². The Labute approximate surface area is 125 Å². The van der Waals surface area contributed by atoms with Gasteiger partial charge < -0.3 is 10.2 Å². The van der Waals surface area contributed by atoms with Gasteiger partial charge in [-0.2, -0.15) is 0 Å². The summed E-state index contributed by atoms with van der Waals surface area (Å²) >= 11 is 0. The zero-order valence-corrected chi connectivity index (χ0v) is 13.1. The molecular formula is C13H19ClN2O3S. The molecule has 1 atom stereocenters. The summed E-state index contributed by atoms with van der Waals surface area (Å²) in [5.41, 5.74) is 0.428. The zero-order valence-electron chi connectivity index (χ0n) is 11.5. The number of hydrogen-bond acceptors (Lipinski definition) is 4. The van der Waals surface area contributed by atoms with Crippen LogP contribution in [-0.4, -0.2) is 51.2 Å². The third-order valence-corrected chi connectivity index (χ3v) is 4.28. The molecule has 0 bridgehead atoms. The van der Waals surface area contributed by atoms with E-state index in [1.807, 2.05) is 6.92 Å². The summed E-state index contributed by atoms with van der Waals surface area (Å²) in [6.07, 6.45) is 1.14. The van der Waals surface area contributed by atoms with Crippen molar-refractivity contribution in [3.8, 4) is 0 Å². The Bertz CT molecular complexity index is 589. The maximum atomic E-state index is 12.3. The van der Waals surface area contributed by atoms with Crippen LogP contribution in [-0.2, 0) is 9.84 Å². The fraction of sp³-hybridized carbons (Fsp3) is 0.462. The van der Waals surface area contributed by atoms with Crippen molar-refractivity contribution in [2.75, 3.05) is 25.9 Å². The van der Waals surface area contributed by atoms with E-state index in [1.165, 1.54) is 12.1 Å². The topological polar surface area (TPSA) is 66.5 Å². The third kappa shape index (κ3) is 3.94. The van der Waals surface area contributed by atoms with Crippen molar-refractivity contribution in [3.63, 3.8) is 0 Å². The van der Waals surface area contributed by atoms with Gasteiger partial charge in [0.1, 0.15) is 0 Å². The molecule has 0 radical (unpaired) electrons. The Morgan fingerprint density at radius 2 is 2.10 bits per heavy atom. The number of carbonyl (C=O) groups is 1. The van der Waals surface area contributed by atoms with Crippen molar-refractivity contribution in [3.05, 3.63) is 29.8 Å². The van der Waals surface area contributed by atoms with Gasteiger partial charge in [0, 0.05) is 37.5 Å². The molecule has 1 heterocycles. The van der Waals surface area contributed by atoms with Crippen LogP contribution >= 0.6 is 12.4 Å². The summed E-state index contributed by atoms with van der Waals surface area (Å²) < 4.78 is 23.0. The molecule has 0 unspecified atom stereocenters. The van der Waals surface area contributed by atoms with Gasteiger partial charge in [-0.3, -0.25) is 4.79 Å². The highest BCUT2D eigenvalue weighted by molar-refractivity contribution is 7.90. The van der Waals surface area contributed by atoms with Gasteiger partial charge in [-0.25, -0.2) is 8.42 Å². The number of hydrogen-bond donors (Lipinski definition) is 1. The number of piperazine rings is 1. The minimum atomic E-state index is -3.28. The first-order valence-electron chi connectivity index (χ1n) is 6.21. The van der Waals surface area contributed by atoms with Crippen molar-refractivity contribution in [2.24, 2.45) is 0 Å². The van der Waals surface area contributed by atoms with Gasteiger partial charge in [0.05, 0.1) is 4.90 Å². The van der Waals surface area contributed by atoms with Crippen molar-refractivity contribution in [1.82, 2.24) is 10.2 Å². The Kier molecular flexibility index (Phi) is 5.56. The number of amides is 1. The van der Waals surface area contributed by atoms with Gasteiger partial charge in [-0.1, -0.05) is 6.07 Å². The van der Waals surface area contributed by atoms with Crippen LogP contribution in [0.2, 0.25) is 0 Å². The van der Waals surface area contributed by atoms with E-state index >= 15 is 0 Å². The minimum Gasteiger partial charge on any atom is -0.336 e. The highest BCUT2D eigenvalue weighted by Gasteiger charge is 2.22. The minimum absolute atomic E-state index is 0. The molecule has 1 aromatic carbocycles. The number of carbonyl (C=O) groups excluding carboxylic acids is 1. The van der Waals surface area contributed by atoms with E-state index in [0.29, 0.717) is 18.7 Å². The molecule has 0 aliphatic carbocycles. The largest absolute Gasteiger partial charge is 0.336 e.